The Morgan fingerprint density at radius 1 is 1.29 bits per heavy atom. The number of rotatable bonds is 1. The molecule has 1 aliphatic heterocycles. The molecular weight excluding hydrogens is 253 g/mol. The molecule has 17 heavy (non-hydrogen) atoms. The number of ketones is 1. The molecule has 1 unspecified atom stereocenters. The summed E-state index contributed by atoms with van der Waals surface area (Å²) in [5.41, 5.74) is 0. The number of alkyl halides is 3. The van der Waals surface area contributed by atoms with Gasteiger partial charge < -0.3 is 10.6 Å². The van der Waals surface area contributed by atoms with Crippen LogP contribution in [0.4, 0.5) is 13.2 Å². The minimum absolute atomic E-state index is 0.0903. The zero-order valence-electron chi connectivity index (χ0n) is 9.06. The van der Waals surface area contributed by atoms with Gasteiger partial charge in [0, 0.05) is 18.8 Å². The zero-order valence-corrected chi connectivity index (χ0v) is 9.88. The van der Waals surface area contributed by atoms with Crippen molar-refractivity contribution in [3.8, 4) is 11.8 Å². The van der Waals surface area contributed by atoms with Gasteiger partial charge >= 0.3 is 6.18 Å². The number of hydrogen-bond acceptors (Lipinski definition) is 4. The molecule has 0 bridgehead atoms. The molecule has 0 radical (unpaired) electrons. The monoisotopic (exact) mass is 266 g/mol. The summed E-state index contributed by atoms with van der Waals surface area (Å²) in [6, 6.07) is -1.18. The van der Waals surface area contributed by atoms with Gasteiger partial charge in [0.05, 0.1) is 18.3 Å². The first-order valence-corrected chi connectivity index (χ1v) is 6.26. The highest BCUT2D eigenvalue weighted by molar-refractivity contribution is 7.99. The van der Waals surface area contributed by atoms with E-state index in [2.05, 4.69) is 22.5 Å². The number of carbonyl (C=O) groups is 1. The molecule has 0 saturated heterocycles. The maximum absolute atomic E-state index is 12.3. The number of hydrogen-bond donors (Lipinski definition) is 2. The highest BCUT2D eigenvalue weighted by atomic mass is 32.2. The summed E-state index contributed by atoms with van der Waals surface area (Å²) in [6.07, 6.45) is -4.78. The van der Waals surface area contributed by atoms with Gasteiger partial charge in [0.15, 0.2) is 0 Å². The molecule has 3 nitrogen and oxygen atoms in total. The highest BCUT2D eigenvalue weighted by Crippen LogP contribution is 2.19. The summed E-state index contributed by atoms with van der Waals surface area (Å²) >= 11 is 1.23. The molecule has 1 rings (SSSR count). The quantitative estimate of drug-likeness (QED) is 0.675. The first-order valence-electron chi connectivity index (χ1n) is 5.10. The Hall–Kier alpha value is -0.710. The van der Waals surface area contributed by atoms with Crippen molar-refractivity contribution in [3.05, 3.63) is 0 Å². The third kappa shape index (κ3) is 5.44. The van der Waals surface area contributed by atoms with Crippen LogP contribution in [0.2, 0.25) is 0 Å². The van der Waals surface area contributed by atoms with Crippen LogP contribution in [0.3, 0.4) is 0 Å². The zero-order chi connectivity index (χ0) is 12.7. The second kappa shape index (κ2) is 6.89. The molecule has 1 aliphatic rings. The number of Topliss-reactive ketones (excluding diaryl/α,β-unsaturated/α-hetero) is 1. The lowest BCUT2D eigenvalue weighted by Crippen LogP contribution is -2.47. The number of nitrogens with one attached hydrogen (secondary N) is 2. The Morgan fingerprint density at radius 3 is 2.76 bits per heavy atom. The number of carbonyl (C=O) groups excluding carboxylic acids is 1. The van der Waals surface area contributed by atoms with Gasteiger partial charge in [0.1, 0.15) is 0 Å². The van der Waals surface area contributed by atoms with Gasteiger partial charge in [-0.05, 0) is 0 Å². The molecule has 96 valence electrons. The third-order valence-corrected chi connectivity index (χ3v) is 3.00. The Labute approximate surface area is 102 Å². The standard InChI is InChI=1S/C10H13F3N2OS/c11-10(12,13)9(16)8-7-17-6-2-1-3-14-4-5-15-8/h8,14-15H,3-7H2. The smallest absolute Gasteiger partial charge is 0.305 e. The van der Waals surface area contributed by atoms with Gasteiger partial charge in [-0.2, -0.15) is 13.2 Å². The predicted octanol–water partition coefficient (Wildman–Crippen LogP) is 0.416. The van der Waals surface area contributed by atoms with E-state index < -0.39 is 18.0 Å². The van der Waals surface area contributed by atoms with E-state index in [-0.39, 0.29) is 5.75 Å². The van der Waals surface area contributed by atoms with E-state index in [0.29, 0.717) is 25.4 Å². The maximum atomic E-state index is 12.3. The summed E-state index contributed by atoms with van der Waals surface area (Å²) in [7, 11) is 0. The maximum Gasteiger partial charge on any atom is 0.451 e. The Kier molecular flexibility index (Phi) is 5.82. The van der Waals surface area contributed by atoms with Crippen molar-refractivity contribution < 1.29 is 18.0 Å². The fraction of sp³-hybridized carbons (Fsp3) is 0.700. The normalized spacial score (nSPS) is 23.1. The van der Waals surface area contributed by atoms with Crippen molar-refractivity contribution in [1.29, 1.82) is 0 Å². The molecule has 0 aromatic carbocycles. The van der Waals surface area contributed by atoms with Crippen LogP contribution >= 0.6 is 11.8 Å². The molecule has 1 heterocycles. The van der Waals surface area contributed by atoms with E-state index in [1.807, 2.05) is 0 Å². The van der Waals surface area contributed by atoms with Gasteiger partial charge in [0.2, 0.25) is 0 Å². The van der Waals surface area contributed by atoms with Crippen LogP contribution < -0.4 is 10.6 Å². The summed E-state index contributed by atoms with van der Waals surface area (Å²) < 4.78 is 36.9. The average Bonchev–Trinajstić information content (AvgIpc) is 2.31. The van der Waals surface area contributed by atoms with Crippen LogP contribution in [-0.4, -0.2) is 49.1 Å². The predicted molar refractivity (Wildman–Crippen MR) is 60.8 cm³/mol. The SMILES string of the molecule is O=C(C1CSCC#CCNCCN1)C(F)(F)F. The van der Waals surface area contributed by atoms with Crippen molar-refractivity contribution in [2.75, 3.05) is 31.1 Å². The van der Waals surface area contributed by atoms with Gasteiger partial charge in [-0.3, -0.25) is 4.79 Å². The Bertz CT molecular complexity index is 322. The molecule has 0 amide bonds. The second-order valence-electron chi connectivity index (χ2n) is 3.41. The molecular formula is C10H13F3N2OS. The fourth-order valence-electron chi connectivity index (χ4n) is 1.25. The summed E-state index contributed by atoms with van der Waals surface area (Å²) in [6.45, 7) is 1.32. The van der Waals surface area contributed by atoms with E-state index in [4.69, 9.17) is 0 Å². The van der Waals surface area contributed by atoms with Gasteiger partial charge in [0.25, 0.3) is 5.78 Å². The van der Waals surface area contributed by atoms with Crippen molar-refractivity contribution in [2.24, 2.45) is 0 Å². The summed E-state index contributed by atoms with van der Waals surface area (Å²) in [5, 5.41) is 5.56. The average molecular weight is 266 g/mol. The molecule has 0 fully saturated rings. The third-order valence-electron chi connectivity index (χ3n) is 2.09. The minimum atomic E-state index is -4.78. The first kappa shape index (κ1) is 14.4. The van der Waals surface area contributed by atoms with Crippen LogP contribution in [0.25, 0.3) is 0 Å². The Balaban J connectivity index is 2.57. The van der Waals surface area contributed by atoms with E-state index in [1.165, 1.54) is 11.8 Å². The second-order valence-corrected chi connectivity index (χ2v) is 4.44. The van der Waals surface area contributed by atoms with Crippen LogP contribution in [0.15, 0.2) is 0 Å². The lowest BCUT2D eigenvalue weighted by Gasteiger charge is -2.18. The summed E-state index contributed by atoms with van der Waals surface area (Å²) in [4.78, 5) is 11.1. The van der Waals surface area contributed by atoms with E-state index in [9.17, 15) is 18.0 Å². The lowest BCUT2D eigenvalue weighted by molar-refractivity contribution is -0.172. The van der Waals surface area contributed by atoms with Gasteiger partial charge in [-0.25, -0.2) is 0 Å². The molecule has 1 atom stereocenters. The molecule has 7 heteroatoms. The van der Waals surface area contributed by atoms with E-state index in [1.54, 1.807) is 0 Å². The summed E-state index contributed by atoms with van der Waals surface area (Å²) in [5.74, 6) is 4.47. The minimum Gasteiger partial charge on any atom is -0.305 e. The number of thioether (sulfide) groups is 1. The number of halogens is 3. The molecule has 0 aromatic rings. The van der Waals surface area contributed by atoms with E-state index in [0.717, 1.165) is 0 Å². The van der Waals surface area contributed by atoms with Crippen LogP contribution in [0, 0.1) is 11.8 Å². The Morgan fingerprint density at radius 2 is 2.06 bits per heavy atom. The molecule has 0 aromatic heterocycles. The van der Waals surface area contributed by atoms with Crippen molar-refractivity contribution in [3.63, 3.8) is 0 Å². The highest BCUT2D eigenvalue weighted by Gasteiger charge is 2.42. The van der Waals surface area contributed by atoms with E-state index >= 15 is 0 Å². The van der Waals surface area contributed by atoms with Crippen LogP contribution in [0.5, 0.6) is 0 Å². The molecule has 2 N–H and O–H groups in total. The molecule has 0 saturated carbocycles. The van der Waals surface area contributed by atoms with Crippen molar-refractivity contribution in [1.82, 2.24) is 10.6 Å². The largest absolute Gasteiger partial charge is 0.451 e. The molecule has 0 aliphatic carbocycles. The first-order chi connectivity index (χ1) is 8.02. The van der Waals surface area contributed by atoms with Crippen LogP contribution in [0.1, 0.15) is 0 Å². The van der Waals surface area contributed by atoms with Crippen molar-refractivity contribution >= 4 is 17.5 Å². The van der Waals surface area contributed by atoms with Crippen LogP contribution in [-0.2, 0) is 4.79 Å². The molecule has 0 spiro atoms. The topological polar surface area (TPSA) is 41.1 Å². The lowest BCUT2D eigenvalue weighted by atomic mass is 10.2. The van der Waals surface area contributed by atoms with Crippen molar-refractivity contribution in [2.45, 2.75) is 12.2 Å². The fourth-order valence-corrected chi connectivity index (χ4v) is 2.08. The van der Waals surface area contributed by atoms with Gasteiger partial charge in [-0.1, -0.05) is 11.8 Å². The van der Waals surface area contributed by atoms with Gasteiger partial charge in [-0.15, -0.1) is 11.8 Å².